The van der Waals surface area contributed by atoms with E-state index < -0.39 is 0 Å². The van der Waals surface area contributed by atoms with E-state index >= 15 is 0 Å². The fourth-order valence-corrected chi connectivity index (χ4v) is 4.24. The van der Waals surface area contributed by atoms with Crippen LogP contribution in [0.25, 0.3) is 10.9 Å². The molecule has 162 valence electrons. The molecule has 6 nitrogen and oxygen atoms in total. The number of anilines is 2. The van der Waals surface area contributed by atoms with Crippen LogP contribution in [0, 0.1) is 5.92 Å². The van der Waals surface area contributed by atoms with Gasteiger partial charge in [0.2, 0.25) is 5.95 Å². The molecule has 1 fully saturated rings. The molecule has 30 heavy (non-hydrogen) atoms. The predicted octanol–water partition coefficient (Wildman–Crippen LogP) is 4.43. The molecule has 3 aromatic rings. The van der Waals surface area contributed by atoms with Crippen LogP contribution in [0.2, 0.25) is 0 Å². The number of nitrogens with zero attached hydrogens (tertiary/aromatic N) is 4. The maximum Gasteiger partial charge on any atom is 0.225 e. The quantitative estimate of drug-likeness (QED) is 0.606. The number of para-hydroxylation sites is 1. The first-order valence-corrected chi connectivity index (χ1v) is 10.6. The average molecular weight is 409 g/mol. The smallest absolute Gasteiger partial charge is 0.225 e. The third-order valence-corrected chi connectivity index (χ3v) is 5.98. The van der Waals surface area contributed by atoms with Crippen molar-refractivity contribution in [3.8, 4) is 0 Å². The number of hydrogen-bond donors (Lipinski definition) is 2. The first kappa shape index (κ1) is 22.1. The van der Waals surface area contributed by atoms with Crippen LogP contribution in [0.4, 0.5) is 11.8 Å². The van der Waals surface area contributed by atoms with Gasteiger partial charge >= 0.3 is 0 Å². The van der Waals surface area contributed by atoms with Gasteiger partial charge in [-0.2, -0.15) is 4.98 Å². The van der Waals surface area contributed by atoms with E-state index in [0.717, 1.165) is 41.7 Å². The van der Waals surface area contributed by atoms with Gasteiger partial charge in [-0.1, -0.05) is 19.6 Å². The molecule has 1 aliphatic rings. The normalized spacial score (nSPS) is 18.8. The van der Waals surface area contributed by atoms with Gasteiger partial charge < -0.3 is 20.1 Å². The molecule has 0 spiro atoms. The number of aromatic nitrogens is 3. The molecule has 1 aliphatic carbocycles. The van der Waals surface area contributed by atoms with E-state index in [-0.39, 0.29) is 7.43 Å². The summed E-state index contributed by atoms with van der Waals surface area (Å²) in [5.41, 5.74) is 2.33. The Bertz CT molecular complexity index is 940. The molecule has 0 amide bonds. The molecule has 0 radical (unpaired) electrons. The molecule has 1 saturated carbocycles. The van der Waals surface area contributed by atoms with Gasteiger partial charge in [-0.15, -0.1) is 0 Å². The maximum atomic E-state index is 4.79. The number of fused-ring (bicyclic) bond motifs is 1. The Labute approximate surface area is 180 Å². The summed E-state index contributed by atoms with van der Waals surface area (Å²) in [6.07, 6.45) is 6.93. The van der Waals surface area contributed by atoms with Gasteiger partial charge in [0.15, 0.2) is 0 Å². The van der Waals surface area contributed by atoms with Gasteiger partial charge in [0.05, 0.1) is 5.52 Å². The molecule has 2 heterocycles. The lowest BCUT2D eigenvalue weighted by molar-refractivity contribution is 0.323. The second-order valence-corrected chi connectivity index (χ2v) is 8.39. The first-order chi connectivity index (χ1) is 14.1. The molecule has 6 heteroatoms. The number of rotatable bonds is 7. The summed E-state index contributed by atoms with van der Waals surface area (Å²) in [4.78, 5) is 11.6. The molecular formula is C24H36N6. The van der Waals surface area contributed by atoms with Crippen molar-refractivity contribution in [1.82, 2.24) is 19.9 Å². The molecular weight excluding hydrogens is 372 g/mol. The van der Waals surface area contributed by atoms with Crippen molar-refractivity contribution >= 4 is 22.7 Å². The SMILES string of the molecule is C.CN(C)c1nc(NC2CCC(CNCc3cccn3C)CC2)nc2ccccc12. The van der Waals surface area contributed by atoms with Crippen LogP contribution < -0.4 is 15.5 Å². The summed E-state index contributed by atoms with van der Waals surface area (Å²) in [6.45, 7) is 2.04. The highest BCUT2D eigenvalue weighted by Crippen LogP contribution is 2.28. The summed E-state index contributed by atoms with van der Waals surface area (Å²) in [5, 5.41) is 8.33. The van der Waals surface area contributed by atoms with Crippen LogP contribution >= 0.6 is 0 Å². The van der Waals surface area contributed by atoms with E-state index in [2.05, 4.69) is 57.6 Å². The Morgan fingerprint density at radius 3 is 2.50 bits per heavy atom. The molecule has 1 aromatic carbocycles. The van der Waals surface area contributed by atoms with Crippen LogP contribution in [0.1, 0.15) is 38.8 Å². The lowest BCUT2D eigenvalue weighted by Crippen LogP contribution is -2.32. The third-order valence-electron chi connectivity index (χ3n) is 5.98. The number of hydrogen-bond acceptors (Lipinski definition) is 5. The predicted molar refractivity (Wildman–Crippen MR) is 127 cm³/mol. The number of nitrogens with one attached hydrogen (secondary N) is 2. The average Bonchev–Trinajstić information content (AvgIpc) is 3.13. The Morgan fingerprint density at radius 2 is 1.80 bits per heavy atom. The van der Waals surface area contributed by atoms with Crippen molar-refractivity contribution in [3.63, 3.8) is 0 Å². The molecule has 0 bridgehead atoms. The van der Waals surface area contributed by atoms with Gasteiger partial charge in [0.25, 0.3) is 0 Å². The van der Waals surface area contributed by atoms with Gasteiger partial charge in [-0.3, -0.25) is 0 Å². The summed E-state index contributed by atoms with van der Waals surface area (Å²) < 4.78 is 2.18. The fraction of sp³-hybridized carbons (Fsp3) is 0.500. The summed E-state index contributed by atoms with van der Waals surface area (Å²) in [7, 11) is 6.17. The molecule has 0 aliphatic heterocycles. The Kier molecular flexibility index (Phi) is 7.32. The highest BCUT2D eigenvalue weighted by atomic mass is 15.2. The van der Waals surface area contributed by atoms with E-state index in [0.29, 0.717) is 6.04 Å². The topological polar surface area (TPSA) is 58.0 Å². The van der Waals surface area contributed by atoms with E-state index in [1.807, 2.05) is 26.2 Å². The molecule has 2 N–H and O–H groups in total. The maximum absolute atomic E-state index is 4.79. The van der Waals surface area contributed by atoms with Crippen LogP contribution in [0.15, 0.2) is 42.6 Å². The van der Waals surface area contributed by atoms with E-state index in [4.69, 9.17) is 9.97 Å². The third kappa shape index (κ3) is 5.11. The Balaban J connectivity index is 0.00000256. The first-order valence-electron chi connectivity index (χ1n) is 10.6. The lowest BCUT2D eigenvalue weighted by Gasteiger charge is -2.29. The molecule has 2 aromatic heterocycles. The van der Waals surface area contributed by atoms with Gasteiger partial charge in [-0.25, -0.2) is 4.98 Å². The second kappa shape index (κ2) is 9.94. The van der Waals surface area contributed by atoms with Crippen molar-refractivity contribution in [2.24, 2.45) is 13.0 Å². The largest absolute Gasteiger partial charge is 0.362 e. The zero-order chi connectivity index (χ0) is 20.2. The van der Waals surface area contributed by atoms with Crippen molar-refractivity contribution in [1.29, 1.82) is 0 Å². The fourth-order valence-electron chi connectivity index (χ4n) is 4.24. The molecule has 4 rings (SSSR count). The minimum Gasteiger partial charge on any atom is -0.362 e. The zero-order valence-electron chi connectivity index (χ0n) is 17.7. The van der Waals surface area contributed by atoms with Crippen LogP contribution in [-0.4, -0.2) is 41.2 Å². The van der Waals surface area contributed by atoms with E-state index in [1.54, 1.807) is 0 Å². The monoisotopic (exact) mass is 408 g/mol. The Morgan fingerprint density at radius 1 is 1.03 bits per heavy atom. The zero-order valence-corrected chi connectivity index (χ0v) is 17.7. The van der Waals surface area contributed by atoms with Crippen LogP contribution in [0.5, 0.6) is 0 Å². The van der Waals surface area contributed by atoms with Crippen LogP contribution in [-0.2, 0) is 13.6 Å². The van der Waals surface area contributed by atoms with Crippen molar-refractivity contribution < 1.29 is 0 Å². The molecule has 0 saturated heterocycles. The second-order valence-electron chi connectivity index (χ2n) is 8.39. The van der Waals surface area contributed by atoms with Crippen molar-refractivity contribution in [2.45, 2.75) is 45.7 Å². The molecule has 0 unspecified atom stereocenters. The van der Waals surface area contributed by atoms with Crippen molar-refractivity contribution in [2.75, 3.05) is 30.9 Å². The van der Waals surface area contributed by atoms with Gasteiger partial charge in [-0.05, 0) is 62.4 Å². The highest BCUT2D eigenvalue weighted by Gasteiger charge is 2.22. The highest BCUT2D eigenvalue weighted by molar-refractivity contribution is 5.90. The van der Waals surface area contributed by atoms with E-state index in [9.17, 15) is 0 Å². The standard InChI is InChI=1S/C23H32N6.CH4/c1-28(2)22-20-8-4-5-9-21(20)26-23(27-22)25-18-12-10-17(11-13-18)15-24-16-19-7-6-14-29(19)3;/h4-9,14,17-18,24H,10-13,15-16H2,1-3H3,(H,25,26,27);1H4. The minimum absolute atomic E-state index is 0. The minimum atomic E-state index is 0. The summed E-state index contributed by atoms with van der Waals surface area (Å²) in [6, 6.07) is 13.0. The van der Waals surface area contributed by atoms with E-state index in [1.165, 1.54) is 31.4 Å². The number of benzene rings is 1. The summed E-state index contributed by atoms with van der Waals surface area (Å²) >= 11 is 0. The number of aryl methyl sites for hydroxylation is 1. The lowest BCUT2D eigenvalue weighted by atomic mass is 9.86. The van der Waals surface area contributed by atoms with Gasteiger partial charge in [0.1, 0.15) is 5.82 Å². The van der Waals surface area contributed by atoms with Crippen molar-refractivity contribution in [3.05, 3.63) is 48.3 Å². The molecule has 0 atom stereocenters. The Hall–Kier alpha value is -2.60. The van der Waals surface area contributed by atoms with Crippen LogP contribution in [0.3, 0.4) is 0 Å². The van der Waals surface area contributed by atoms with Gasteiger partial charge in [0, 0.05) is 51.0 Å². The summed E-state index contributed by atoms with van der Waals surface area (Å²) in [5.74, 6) is 2.47.